The number of rotatable bonds is 4. The second kappa shape index (κ2) is 8.97. The van der Waals surface area contributed by atoms with Crippen LogP contribution in [0.1, 0.15) is 32.6 Å². The highest BCUT2D eigenvalue weighted by atomic mass is 32.1. The number of phenolic OH excluding ortho intramolecular Hbond substituents is 1. The van der Waals surface area contributed by atoms with E-state index in [-0.39, 0.29) is 5.75 Å². The lowest BCUT2D eigenvalue weighted by molar-refractivity contribution is 0.0224. The van der Waals surface area contributed by atoms with E-state index in [9.17, 15) is 9.90 Å². The standard InChI is InChI=1S/C29H24N4O4S/c30-17-3-8-23-25(13-17)36-26-14-18(31)4-9-24(26)29(23)22-10-5-19(15-21(22)27(35)37-29)33-28(38)32-12-11-16-1-6-20(34)7-2-16/h1-10,13-15,34H,11-12,30-31H2,(H2,32,33,38). The van der Waals surface area contributed by atoms with Crippen molar-refractivity contribution in [2.75, 3.05) is 23.3 Å². The number of esters is 1. The number of aromatic hydroxyl groups is 1. The van der Waals surface area contributed by atoms with Crippen LogP contribution in [0.25, 0.3) is 0 Å². The Kier molecular flexibility index (Phi) is 5.57. The van der Waals surface area contributed by atoms with Gasteiger partial charge >= 0.3 is 5.97 Å². The summed E-state index contributed by atoms with van der Waals surface area (Å²) in [5.74, 6) is 0.786. The van der Waals surface area contributed by atoms with Crippen molar-refractivity contribution in [3.63, 3.8) is 0 Å². The second-order valence-electron chi connectivity index (χ2n) is 9.24. The van der Waals surface area contributed by atoms with Crippen LogP contribution < -0.4 is 26.8 Å². The Hall–Kier alpha value is -4.76. The van der Waals surface area contributed by atoms with Crippen molar-refractivity contribution in [1.29, 1.82) is 0 Å². The van der Waals surface area contributed by atoms with E-state index in [1.165, 1.54) is 0 Å². The van der Waals surface area contributed by atoms with E-state index in [4.69, 9.17) is 33.2 Å². The van der Waals surface area contributed by atoms with E-state index < -0.39 is 11.6 Å². The minimum absolute atomic E-state index is 0.233. The van der Waals surface area contributed by atoms with Gasteiger partial charge in [-0.15, -0.1) is 0 Å². The number of ether oxygens (including phenoxy) is 2. The van der Waals surface area contributed by atoms with Crippen molar-refractivity contribution >= 4 is 40.4 Å². The first kappa shape index (κ1) is 23.6. The maximum Gasteiger partial charge on any atom is 0.340 e. The Morgan fingerprint density at radius 2 is 1.50 bits per heavy atom. The van der Waals surface area contributed by atoms with Crippen molar-refractivity contribution in [1.82, 2.24) is 5.32 Å². The van der Waals surface area contributed by atoms with Crippen LogP contribution in [0.4, 0.5) is 17.1 Å². The fourth-order valence-corrected chi connectivity index (χ4v) is 5.22. The van der Waals surface area contributed by atoms with Crippen LogP contribution in [0, 0.1) is 0 Å². The number of hydrogen-bond acceptors (Lipinski definition) is 7. The first-order chi connectivity index (χ1) is 18.3. The Morgan fingerprint density at radius 1 is 0.868 bits per heavy atom. The van der Waals surface area contributed by atoms with Gasteiger partial charge in [0.25, 0.3) is 0 Å². The summed E-state index contributed by atoms with van der Waals surface area (Å²) in [5.41, 5.74) is 16.1. The molecule has 0 aliphatic carbocycles. The summed E-state index contributed by atoms with van der Waals surface area (Å²) < 4.78 is 12.3. The van der Waals surface area contributed by atoms with E-state index in [1.807, 2.05) is 36.4 Å². The zero-order valence-corrected chi connectivity index (χ0v) is 21.0. The minimum Gasteiger partial charge on any atom is -0.508 e. The van der Waals surface area contributed by atoms with Gasteiger partial charge in [-0.2, -0.15) is 0 Å². The van der Waals surface area contributed by atoms with Crippen LogP contribution in [0.3, 0.4) is 0 Å². The van der Waals surface area contributed by atoms with E-state index in [0.29, 0.717) is 62.5 Å². The molecule has 0 unspecified atom stereocenters. The number of hydrogen-bond donors (Lipinski definition) is 5. The summed E-state index contributed by atoms with van der Waals surface area (Å²) in [6.07, 6.45) is 0.733. The van der Waals surface area contributed by atoms with E-state index in [0.717, 1.165) is 12.0 Å². The third-order valence-electron chi connectivity index (χ3n) is 6.75. The highest BCUT2D eigenvalue weighted by Gasteiger charge is 2.53. The molecule has 0 atom stereocenters. The number of anilines is 3. The molecule has 0 radical (unpaired) electrons. The van der Waals surface area contributed by atoms with Crippen LogP contribution >= 0.6 is 12.2 Å². The molecular formula is C29H24N4O4S. The molecule has 0 saturated carbocycles. The van der Waals surface area contributed by atoms with Gasteiger partial charge in [-0.1, -0.05) is 18.2 Å². The zero-order chi connectivity index (χ0) is 26.4. The van der Waals surface area contributed by atoms with Crippen LogP contribution in [0.15, 0.2) is 78.9 Å². The number of nitrogens with two attached hydrogens (primary N) is 2. The highest BCUT2D eigenvalue weighted by Crippen LogP contribution is 2.56. The Morgan fingerprint density at radius 3 is 2.16 bits per heavy atom. The van der Waals surface area contributed by atoms with Crippen molar-refractivity contribution < 1.29 is 19.4 Å². The first-order valence-electron chi connectivity index (χ1n) is 12.0. The summed E-state index contributed by atoms with van der Waals surface area (Å²) in [5, 5.41) is 16.2. The number of carbonyl (C=O) groups excluding carboxylic acids is 1. The molecule has 190 valence electrons. The Bertz CT molecular complexity index is 1550. The molecule has 0 fully saturated rings. The molecule has 2 heterocycles. The number of thiocarbonyl (C=S) groups is 1. The van der Waals surface area contributed by atoms with Gasteiger partial charge in [0.15, 0.2) is 10.7 Å². The molecule has 38 heavy (non-hydrogen) atoms. The fourth-order valence-electron chi connectivity index (χ4n) is 5.00. The number of carbonyl (C=O) groups is 1. The lowest BCUT2D eigenvalue weighted by Crippen LogP contribution is -2.33. The summed E-state index contributed by atoms with van der Waals surface area (Å²) in [7, 11) is 0. The summed E-state index contributed by atoms with van der Waals surface area (Å²) >= 11 is 5.46. The maximum absolute atomic E-state index is 13.3. The van der Waals surface area contributed by atoms with Crippen LogP contribution in [-0.4, -0.2) is 22.7 Å². The van der Waals surface area contributed by atoms with Crippen molar-refractivity contribution in [3.8, 4) is 17.2 Å². The molecule has 4 aromatic carbocycles. The predicted molar refractivity (Wildman–Crippen MR) is 150 cm³/mol. The average molecular weight is 525 g/mol. The van der Waals surface area contributed by atoms with Crippen LogP contribution in [0.5, 0.6) is 17.2 Å². The van der Waals surface area contributed by atoms with Crippen LogP contribution in [0.2, 0.25) is 0 Å². The molecule has 6 rings (SSSR count). The molecule has 8 nitrogen and oxygen atoms in total. The number of nitrogens with one attached hydrogen (secondary N) is 2. The molecule has 0 saturated heterocycles. The van der Waals surface area contributed by atoms with Gasteiger partial charge < -0.3 is 36.7 Å². The van der Waals surface area contributed by atoms with Gasteiger partial charge in [0.2, 0.25) is 0 Å². The smallest absolute Gasteiger partial charge is 0.340 e. The van der Waals surface area contributed by atoms with Gasteiger partial charge in [0, 0.05) is 52.4 Å². The first-order valence-corrected chi connectivity index (χ1v) is 12.4. The molecule has 7 N–H and O–H groups in total. The summed E-state index contributed by atoms with van der Waals surface area (Å²) in [4.78, 5) is 13.3. The predicted octanol–water partition coefficient (Wildman–Crippen LogP) is 4.65. The molecule has 0 bridgehead atoms. The zero-order valence-electron chi connectivity index (χ0n) is 20.2. The fraction of sp³-hybridized carbons (Fsp3) is 0.103. The van der Waals surface area contributed by atoms with Gasteiger partial charge in [-0.3, -0.25) is 0 Å². The molecule has 9 heteroatoms. The molecule has 0 amide bonds. The molecule has 0 aromatic heterocycles. The minimum atomic E-state index is -1.20. The monoisotopic (exact) mass is 524 g/mol. The van der Waals surface area contributed by atoms with Crippen molar-refractivity contribution in [2.45, 2.75) is 12.0 Å². The highest BCUT2D eigenvalue weighted by molar-refractivity contribution is 7.80. The molecule has 4 aromatic rings. The van der Waals surface area contributed by atoms with Gasteiger partial charge in [-0.05, 0) is 72.7 Å². The summed E-state index contributed by atoms with van der Waals surface area (Å²) in [6, 6.07) is 23.1. The van der Waals surface area contributed by atoms with Crippen molar-refractivity contribution in [3.05, 3.63) is 107 Å². The Balaban J connectivity index is 1.29. The van der Waals surface area contributed by atoms with Gasteiger partial charge in [0.1, 0.15) is 17.2 Å². The largest absolute Gasteiger partial charge is 0.508 e. The maximum atomic E-state index is 13.3. The van der Waals surface area contributed by atoms with E-state index in [1.54, 1.807) is 42.5 Å². The van der Waals surface area contributed by atoms with E-state index >= 15 is 0 Å². The topological polar surface area (TPSA) is 132 Å². The molecule has 1 spiro atoms. The number of phenols is 1. The van der Waals surface area contributed by atoms with Gasteiger partial charge in [0.05, 0.1) is 5.56 Å². The molecular weight excluding hydrogens is 500 g/mol. The lowest BCUT2D eigenvalue weighted by Gasteiger charge is -2.36. The quantitative estimate of drug-likeness (QED) is 0.147. The van der Waals surface area contributed by atoms with E-state index in [2.05, 4.69) is 10.6 Å². The number of fused-ring (bicyclic) bond motifs is 6. The third kappa shape index (κ3) is 3.93. The van der Waals surface area contributed by atoms with Crippen LogP contribution in [-0.2, 0) is 16.8 Å². The molecule has 2 aliphatic heterocycles. The molecule has 2 aliphatic rings. The second-order valence-corrected chi connectivity index (χ2v) is 9.65. The number of nitrogen functional groups attached to an aromatic ring is 2. The summed E-state index contributed by atoms with van der Waals surface area (Å²) in [6.45, 7) is 0.604. The third-order valence-corrected chi connectivity index (χ3v) is 6.99. The SMILES string of the molecule is Nc1ccc2c(c1)Oc1cc(N)ccc1C21OC(=O)c2cc(NC(=S)NCCc3ccc(O)cc3)ccc21. The lowest BCUT2D eigenvalue weighted by atomic mass is 9.77. The number of benzene rings is 4. The van der Waals surface area contributed by atoms with Crippen molar-refractivity contribution in [2.24, 2.45) is 0 Å². The average Bonchev–Trinajstić information content (AvgIpc) is 3.17. The normalized spacial score (nSPS) is 14.1. The Labute approximate surface area is 224 Å². The van der Waals surface area contributed by atoms with Gasteiger partial charge in [-0.25, -0.2) is 4.79 Å².